The molecule has 0 spiro atoms. The number of rotatable bonds is 6. The average Bonchev–Trinajstić information content (AvgIpc) is 2.96. The molecule has 0 saturated carbocycles. The molecule has 0 aromatic carbocycles. The van der Waals surface area contributed by atoms with E-state index in [1.807, 2.05) is 6.20 Å². The summed E-state index contributed by atoms with van der Waals surface area (Å²) in [5.74, 6) is 1.62. The molecule has 2 aliphatic rings. The lowest BCUT2D eigenvalue weighted by molar-refractivity contribution is 0.267. The Hall–Kier alpha value is -1.82. The molecule has 3 rings (SSSR count). The van der Waals surface area contributed by atoms with E-state index in [1.54, 1.807) is 0 Å². The first-order valence-corrected chi connectivity index (χ1v) is 10.2. The Labute approximate surface area is 157 Å². The van der Waals surface area contributed by atoms with Crippen LogP contribution in [0.1, 0.15) is 51.0 Å². The molecule has 6 heteroatoms. The fourth-order valence-corrected chi connectivity index (χ4v) is 3.99. The van der Waals surface area contributed by atoms with E-state index >= 15 is 0 Å². The van der Waals surface area contributed by atoms with E-state index in [1.165, 1.54) is 45.1 Å². The number of anilines is 1. The van der Waals surface area contributed by atoms with Crippen LogP contribution in [0.25, 0.3) is 0 Å². The zero-order chi connectivity index (χ0) is 18.2. The summed E-state index contributed by atoms with van der Waals surface area (Å²) < 4.78 is 0. The maximum atomic E-state index is 6.04. The Balaban J connectivity index is 1.46. The van der Waals surface area contributed by atoms with E-state index in [0.29, 0.717) is 18.5 Å². The van der Waals surface area contributed by atoms with Crippen molar-refractivity contribution in [1.82, 2.24) is 15.2 Å². The van der Waals surface area contributed by atoms with Crippen LogP contribution in [0, 0.1) is 0 Å². The molecule has 6 nitrogen and oxygen atoms in total. The largest absolute Gasteiger partial charge is 0.370 e. The number of nitrogens with two attached hydrogens (primary N) is 1. The van der Waals surface area contributed by atoms with Crippen LogP contribution in [-0.4, -0.2) is 54.6 Å². The molecule has 2 fully saturated rings. The van der Waals surface area contributed by atoms with Crippen LogP contribution in [0.15, 0.2) is 23.3 Å². The van der Waals surface area contributed by atoms with Gasteiger partial charge in [-0.3, -0.25) is 4.90 Å². The van der Waals surface area contributed by atoms with Crippen molar-refractivity contribution in [3.8, 4) is 0 Å². The molecule has 3 heterocycles. The minimum Gasteiger partial charge on any atom is -0.370 e. The molecule has 1 unspecified atom stereocenters. The zero-order valence-corrected chi connectivity index (χ0v) is 16.2. The number of nitrogens with zero attached hydrogens (tertiary/aromatic N) is 4. The van der Waals surface area contributed by atoms with Crippen molar-refractivity contribution in [1.29, 1.82) is 0 Å². The summed E-state index contributed by atoms with van der Waals surface area (Å²) in [5.41, 5.74) is 7.14. The van der Waals surface area contributed by atoms with Gasteiger partial charge >= 0.3 is 0 Å². The molecule has 2 saturated heterocycles. The second-order valence-electron chi connectivity index (χ2n) is 7.43. The topological polar surface area (TPSA) is 69.8 Å². The summed E-state index contributed by atoms with van der Waals surface area (Å²) >= 11 is 0. The first-order valence-electron chi connectivity index (χ1n) is 10.2. The van der Waals surface area contributed by atoms with Crippen LogP contribution in [0.3, 0.4) is 0 Å². The van der Waals surface area contributed by atoms with Gasteiger partial charge in [0, 0.05) is 31.9 Å². The molecular weight excluding hydrogens is 324 g/mol. The van der Waals surface area contributed by atoms with Gasteiger partial charge in [0.2, 0.25) is 0 Å². The first kappa shape index (κ1) is 19.0. The zero-order valence-electron chi connectivity index (χ0n) is 16.2. The highest BCUT2D eigenvalue weighted by Gasteiger charge is 2.22. The van der Waals surface area contributed by atoms with Gasteiger partial charge in [-0.15, -0.1) is 0 Å². The van der Waals surface area contributed by atoms with Crippen molar-refractivity contribution in [3.63, 3.8) is 0 Å². The van der Waals surface area contributed by atoms with Crippen molar-refractivity contribution < 1.29 is 0 Å². The molecule has 0 aliphatic carbocycles. The van der Waals surface area contributed by atoms with E-state index in [0.717, 1.165) is 37.6 Å². The lowest BCUT2D eigenvalue weighted by Gasteiger charge is -2.23. The van der Waals surface area contributed by atoms with Gasteiger partial charge in [0.1, 0.15) is 5.82 Å². The second-order valence-corrected chi connectivity index (χ2v) is 7.43. The SMILES string of the molecule is CCN1CCCC1CNC(N)=NCc1ccc(N2CCCCCC2)nc1. The second kappa shape index (κ2) is 9.76. The Morgan fingerprint density at radius 1 is 1.19 bits per heavy atom. The Bertz CT molecular complexity index is 562. The Morgan fingerprint density at radius 3 is 2.69 bits per heavy atom. The van der Waals surface area contributed by atoms with Gasteiger partial charge in [0.15, 0.2) is 5.96 Å². The quantitative estimate of drug-likeness (QED) is 0.603. The average molecular weight is 359 g/mol. The predicted molar refractivity (Wildman–Crippen MR) is 109 cm³/mol. The third kappa shape index (κ3) is 5.34. The van der Waals surface area contributed by atoms with E-state index in [-0.39, 0.29) is 0 Å². The lowest BCUT2D eigenvalue weighted by Crippen LogP contribution is -2.42. The van der Waals surface area contributed by atoms with Crippen molar-refractivity contribution in [2.75, 3.05) is 37.6 Å². The van der Waals surface area contributed by atoms with Crippen LogP contribution in [0.2, 0.25) is 0 Å². The molecule has 144 valence electrons. The van der Waals surface area contributed by atoms with Crippen molar-refractivity contribution in [2.24, 2.45) is 10.7 Å². The Morgan fingerprint density at radius 2 is 2.00 bits per heavy atom. The van der Waals surface area contributed by atoms with Crippen LogP contribution in [0.4, 0.5) is 5.82 Å². The van der Waals surface area contributed by atoms with Gasteiger partial charge in [-0.05, 0) is 50.4 Å². The maximum Gasteiger partial charge on any atom is 0.188 e. The van der Waals surface area contributed by atoms with Crippen LogP contribution < -0.4 is 16.0 Å². The fraction of sp³-hybridized carbons (Fsp3) is 0.700. The highest BCUT2D eigenvalue weighted by Crippen LogP contribution is 2.18. The Kier molecular flexibility index (Phi) is 7.12. The van der Waals surface area contributed by atoms with Crippen LogP contribution in [0.5, 0.6) is 0 Å². The third-order valence-corrected chi connectivity index (χ3v) is 5.60. The normalized spacial score (nSPS) is 22.4. The first-order chi connectivity index (χ1) is 12.8. The van der Waals surface area contributed by atoms with E-state index < -0.39 is 0 Å². The number of hydrogen-bond donors (Lipinski definition) is 2. The molecule has 26 heavy (non-hydrogen) atoms. The molecular formula is C20H34N6. The molecule has 0 bridgehead atoms. The highest BCUT2D eigenvalue weighted by molar-refractivity contribution is 5.77. The lowest BCUT2D eigenvalue weighted by atomic mass is 10.2. The number of aliphatic imine (C=N–C) groups is 1. The molecule has 1 aromatic heterocycles. The third-order valence-electron chi connectivity index (χ3n) is 5.60. The summed E-state index contributed by atoms with van der Waals surface area (Å²) in [6.07, 6.45) is 9.69. The summed E-state index contributed by atoms with van der Waals surface area (Å²) in [6.45, 7) is 8.24. The summed E-state index contributed by atoms with van der Waals surface area (Å²) in [4.78, 5) is 14.0. The maximum absolute atomic E-state index is 6.04. The number of likely N-dealkylation sites (tertiary alicyclic amines) is 1. The van der Waals surface area contributed by atoms with Gasteiger partial charge in [0.25, 0.3) is 0 Å². The van der Waals surface area contributed by atoms with E-state index in [2.05, 4.69) is 44.1 Å². The molecule has 1 atom stereocenters. The number of aromatic nitrogens is 1. The van der Waals surface area contributed by atoms with Crippen molar-refractivity contribution in [3.05, 3.63) is 23.9 Å². The smallest absolute Gasteiger partial charge is 0.188 e. The van der Waals surface area contributed by atoms with Crippen LogP contribution in [-0.2, 0) is 6.54 Å². The number of likely N-dealkylation sites (N-methyl/N-ethyl adjacent to an activating group) is 1. The molecule has 0 amide bonds. The summed E-state index contributed by atoms with van der Waals surface area (Å²) in [5, 5.41) is 3.29. The van der Waals surface area contributed by atoms with Crippen LogP contribution >= 0.6 is 0 Å². The highest BCUT2D eigenvalue weighted by atomic mass is 15.2. The van der Waals surface area contributed by atoms with Gasteiger partial charge in [-0.25, -0.2) is 9.98 Å². The molecule has 1 aromatic rings. The van der Waals surface area contributed by atoms with Gasteiger partial charge in [-0.2, -0.15) is 0 Å². The minimum atomic E-state index is 0.532. The monoisotopic (exact) mass is 358 g/mol. The fourth-order valence-electron chi connectivity index (χ4n) is 3.99. The number of hydrogen-bond acceptors (Lipinski definition) is 4. The van der Waals surface area contributed by atoms with E-state index in [9.17, 15) is 0 Å². The van der Waals surface area contributed by atoms with E-state index in [4.69, 9.17) is 5.73 Å². The van der Waals surface area contributed by atoms with Gasteiger partial charge in [-0.1, -0.05) is 25.8 Å². The minimum absolute atomic E-state index is 0.532. The van der Waals surface area contributed by atoms with Crippen molar-refractivity contribution >= 4 is 11.8 Å². The summed E-state index contributed by atoms with van der Waals surface area (Å²) in [6, 6.07) is 4.83. The molecule has 2 aliphatic heterocycles. The molecule has 0 radical (unpaired) electrons. The number of nitrogens with one attached hydrogen (secondary N) is 1. The predicted octanol–water partition coefficient (Wildman–Crippen LogP) is 2.35. The number of pyridine rings is 1. The standard InChI is InChI=1S/C20H34N6/c1-2-25-13-7-8-18(25)16-24-20(21)23-15-17-9-10-19(22-14-17)26-11-5-3-4-6-12-26/h9-10,14,18H,2-8,11-13,15-16H2,1H3,(H3,21,23,24). The molecule has 3 N–H and O–H groups in total. The number of guanidine groups is 1. The summed E-state index contributed by atoms with van der Waals surface area (Å²) in [7, 11) is 0. The van der Waals surface area contributed by atoms with Crippen molar-refractivity contribution in [2.45, 2.75) is 58.0 Å². The van der Waals surface area contributed by atoms with Gasteiger partial charge in [0.05, 0.1) is 6.54 Å². The van der Waals surface area contributed by atoms with Gasteiger partial charge < -0.3 is 16.0 Å².